The maximum atomic E-state index is 4.63. The third-order valence-corrected chi connectivity index (χ3v) is 5.36. The fourth-order valence-electron chi connectivity index (χ4n) is 3.60. The number of H-pyrrole nitrogens is 1. The van der Waals surface area contributed by atoms with Gasteiger partial charge in [0.2, 0.25) is 0 Å². The molecule has 0 amide bonds. The van der Waals surface area contributed by atoms with Gasteiger partial charge >= 0.3 is 0 Å². The number of rotatable bonds is 4. The summed E-state index contributed by atoms with van der Waals surface area (Å²) in [5, 5.41) is 0. The molecule has 0 radical (unpaired) electrons. The molecule has 0 saturated heterocycles. The molecular formula is C25H26N2. The molecule has 3 aromatic carbocycles. The van der Waals surface area contributed by atoms with Crippen molar-refractivity contribution >= 4 is 11.0 Å². The number of benzene rings is 3. The summed E-state index contributed by atoms with van der Waals surface area (Å²) < 4.78 is 0. The van der Waals surface area contributed by atoms with Gasteiger partial charge in [-0.15, -0.1) is 0 Å². The number of hydrogen-bond donors (Lipinski definition) is 1. The van der Waals surface area contributed by atoms with Crippen molar-refractivity contribution in [1.82, 2.24) is 9.97 Å². The van der Waals surface area contributed by atoms with Crippen LogP contribution in [0.5, 0.6) is 0 Å². The molecule has 0 spiro atoms. The van der Waals surface area contributed by atoms with E-state index in [1.165, 1.54) is 33.4 Å². The van der Waals surface area contributed by atoms with Crippen molar-refractivity contribution in [2.45, 2.75) is 39.5 Å². The molecule has 27 heavy (non-hydrogen) atoms. The molecule has 0 aliphatic carbocycles. The number of nitrogens with one attached hydrogen (secondary N) is 1. The second kappa shape index (κ2) is 7.03. The van der Waals surface area contributed by atoms with Crippen LogP contribution in [-0.4, -0.2) is 9.97 Å². The van der Waals surface area contributed by atoms with E-state index >= 15 is 0 Å². The largest absolute Gasteiger partial charge is 0.344 e. The fraction of sp³-hybridized carbons (Fsp3) is 0.240. The Morgan fingerprint density at radius 1 is 0.630 bits per heavy atom. The van der Waals surface area contributed by atoms with E-state index in [-0.39, 0.29) is 0 Å². The first-order chi connectivity index (χ1) is 13.0. The SMILES string of the molecule is CC(C)c1ccc(-c2ccc(-c3ccc(C(C)C)cc3)c3[nH]cnc23)cc1. The van der Waals surface area contributed by atoms with Crippen molar-refractivity contribution < 1.29 is 0 Å². The number of imidazole rings is 1. The highest BCUT2D eigenvalue weighted by atomic mass is 14.9. The predicted octanol–water partition coefficient (Wildman–Crippen LogP) is 7.14. The molecule has 1 aromatic heterocycles. The zero-order valence-electron chi connectivity index (χ0n) is 16.5. The first-order valence-corrected chi connectivity index (χ1v) is 9.71. The molecule has 0 bridgehead atoms. The zero-order chi connectivity index (χ0) is 19.0. The summed E-state index contributed by atoms with van der Waals surface area (Å²) in [7, 11) is 0. The van der Waals surface area contributed by atoms with E-state index in [0.717, 1.165) is 11.0 Å². The Bertz CT molecular complexity index is 966. The van der Waals surface area contributed by atoms with Gasteiger partial charge in [0.05, 0.1) is 17.4 Å². The molecule has 1 N–H and O–H groups in total. The lowest BCUT2D eigenvalue weighted by molar-refractivity contribution is 0.867. The summed E-state index contributed by atoms with van der Waals surface area (Å²) in [6, 6.07) is 22.1. The quantitative estimate of drug-likeness (QED) is 0.414. The normalized spacial score (nSPS) is 11.6. The van der Waals surface area contributed by atoms with Gasteiger partial charge in [-0.2, -0.15) is 0 Å². The van der Waals surface area contributed by atoms with Gasteiger partial charge in [-0.1, -0.05) is 88.4 Å². The van der Waals surface area contributed by atoms with E-state index in [2.05, 4.69) is 98.3 Å². The summed E-state index contributed by atoms with van der Waals surface area (Å²) in [6.45, 7) is 8.89. The summed E-state index contributed by atoms with van der Waals surface area (Å²) in [5.74, 6) is 1.09. The van der Waals surface area contributed by atoms with E-state index < -0.39 is 0 Å². The fourth-order valence-corrected chi connectivity index (χ4v) is 3.60. The molecule has 0 aliphatic heterocycles. The van der Waals surface area contributed by atoms with E-state index in [4.69, 9.17) is 0 Å². The highest BCUT2D eigenvalue weighted by molar-refractivity contribution is 6.00. The van der Waals surface area contributed by atoms with Crippen LogP contribution in [0, 0.1) is 0 Å². The highest BCUT2D eigenvalue weighted by Gasteiger charge is 2.12. The minimum absolute atomic E-state index is 0.542. The first kappa shape index (κ1) is 17.5. The second-order valence-corrected chi connectivity index (χ2v) is 7.84. The Labute approximate surface area is 161 Å². The van der Waals surface area contributed by atoms with Crippen LogP contribution in [0.1, 0.15) is 50.7 Å². The Balaban J connectivity index is 1.78. The zero-order valence-corrected chi connectivity index (χ0v) is 16.5. The molecule has 136 valence electrons. The van der Waals surface area contributed by atoms with Gasteiger partial charge in [-0.05, 0) is 34.1 Å². The van der Waals surface area contributed by atoms with Crippen molar-refractivity contribution in [3.05, 3.63) is 78.1 Å². The maximum absolute atomic E-state index is 4.63. The topological polar surface area (TPSA) is 28.7 Å². The van der Waals surface area contributed by atoms with Gasteiger partial charge in [-0.25, -0.2) is 4.98 Å². The Hall–Kier alpha value is -2.87. The van der Waals surface area contributed by atoms with Crippen molar-refractivity contribution in [3.63, 3.8) is 0 Å². The standard InChI is InChI=1S/C25H26N2/c1-16(2)18-5-9-20(10-6-18)22-13-14-23(25-24(22)26-15-27-25)21-11-7-19(8-12-21)17(3)4/h5-17H,1-4H3,(H,26,27). The van der Waals surface area contributed by atoms with Crippen LogP contribution < -0.4 is 0 Å². The van der Waals surface area contributed by atoms with Gasteiger partial charge in [0.1, 0.15) is 0 Å². The number of nitrogens with zero attached hydrogens (tertiary/aromatic N) is 1. The van der Waals surface area contributed by atoms with E-state index in [1.807, 2.05) is 0 Å². The molecule has 0 atom stereocenters. The molecular weight excluding hydrogens is 328 g/mol. The summed E-state index contributed by atoms with van der Waals surface area (Å²) in [6.07, 6.45) is 1.79. The number of fused-ring (bicyclic) bond motifs is 1. The van der Waals surface area contributed by atoms with Crippen LogP contribution in [-0.2, 0) is 0 Å². The Kier molecular flexibility index (Phi) is 4.57. The molecule has 4 aromatic rings. The van der Waals surface area contributed by atoms with E-state index in [0.29, 0.717) is 11.8 Å². The van der Waals surface area contributed by atoms with Crippen LogP contribution in [0.15, 0.2) is 67.0 Å². The molecule has 2 nitrogen and oxygen atoms in total. The van der Waals surface area contributed by atoms with Crippen molar-refractivity contribution in [3.8, 4) is 22.3 Å². The molecule has 0 unspecified atom stereocenters. The third kappa shape index (κ3) is 3.28. The Morgan fingerprint density at radius 2 is 1.11 bits per heavy atom. The third-order valence-electron chi connectivity index (χ3n) is 5.36. The molecule has 2 heteroatoms. The van der Waals surface area contributed by atoms with Gasteiger partial charge < -0.3 is 4.98 Å². The number of aromatic nitrogens is 2. The summed E-state index contributed by atoms with van der Waals surface area (Å²) in [5.41, 5.74) is 9.63. The molecule has 0 fully saturated rings. The predicted molar refractivity (Wildman–Crippen MR) is 115 cm³/mol. The lowest BCUT2D eigenvalue weighted by atomic mass is 9.94. The van der Waals surface area contributed by atoms with Gasteiger partial charge in [-0.3, -0.25) is 0 Å². The monoisotopic (exact) mass is 354 g/mol. The van der Waals surface area contributed by atoms with E-state index in [1.54, 1.807) is 6.33 Å². The van der Waals surface area contributed by atoms with Gasteiger partial charge in [0, 0.05) is 11.1 Å². The second-order valence-electron chi connectivity index (χ2n) is 7.84. The molecule has 0 saturated carbocycles. The van der Waals surface area contributed by atoms with Crippen LogP contribution in [0.3, 0.4) is 0 Å². The molecule has 0 aliphatic rings. The minimum atomic E-state index is 0.542. The lowest BCUT2D eigenvalue weighted by Crippen LogP contribution is -1.89. The maximum Gasteiger partial charge on any atom is 0.0967 e. The summed E-state index contributed by atoms with van der Waals surface area (Å²) in [4.78, 5) is 7.98. The van der Waals surface area contributed by atoms with Gasteiger partial charge in [0.15, 0.2) is 0 Å². The van der Waals surface area contributed by atoms with Crippen LogP contribution in [0.25, 0.3) is 33.3 Å². The van der Waals surface area contributed by atoms with Crippen molar-refractivity contribution in [2.75, 3.05) is 0 Å². The average Bonchev–Trinajstić information content (AvgIpc) is 3.17. The smallest absolute Gasteiger partial charge is 0.0967 e. The van der Waals surface area contributed by atoms with E-state index in [9.17, 15) is 0 Å². The first-order valence-electron chi connectivity index (χ1n) is 9.71. The molecule has 1 heterocycles. The minimum Gasteiger partial charge on any atom is -0.344 e. The van der Waals surface area contributed by atoms with Gasteiger partial charge in [0.25, 0.3) is 0 Å². The van der Waals surface area contributed by atoms with Crippen LogP contribution >= 0.6 is 0 Å². The number of aromatic amines is 1. The molecule has 4 rings (SSSR count). The lowest BCUT2D eigenvalue weighted by Gasteiger charge is -2.11. The van der Waals surface area contributed by atoms with Crippen LogP contribution in [0.4, 0.5) is 0 Å². The number of hydrogen-bond acceptors (Lipinski definition) is 1. The van der Waals surface area contributed by atoms with Crippen molar-refractivity contribution in [1.29, 1.82) is 0 Å². The highest BCUT2D eigenvalue weighted by Crippen LogP contribution is 2.34. The average molecular weight is 354 g/mol. The summed E-state index contributed by atoms with van der Waals surface area (Å²) >= 11 is 0. The Morgan fingerprint density at radius 3 is 1.63 bits per heavy atom. The van der Waals surface area contributed by atoms with Crippen molar-refractivity contribution in [2.24, 2.45) is 0 Å². The van der Waals surface area contributed by atoms with Crippen LogP contribution in [0.2, 0.25) is 0 Å².